The molecule has 6 nitrogen and oxygen atoms in total. The maximum Gasteiger partial charge on any atom is 0.380 e. The molecule has 1 saturated heterocycles. The van der Waals surface area contributed by atoms with E-state index in [1.165, 1.54) is 13.1 Å². The molecule has 0 unspecified atom stereocenters. The van der Waals surface area contributed by atoms with Crippen LogP contribution in [0.4, 0.5) is 14.6 Å². The van der Waals surface area contributed by atoms with Crippen LogP contribution < -0.4 is 4.90 Å². The molecule has 0 aromatic carbocycles. The minimum absolute atomic E-state index is 0.115. The molecule has 0 bridgehead atoms. The molecule has 0 aliphatic carbocycles. The number of esters is 1. The summed E-state index contributed by atoms with van der Waals surface area (Å²) in [7, 11) is 0. The van der Waals surface area contributed by atoms with Crippen LogP contribution in [-0.4, -0.2) is 47.3 Å². The van der Waals surface area contributed by atoms with Gasteiger partial charge in [-0.2, -0.15) is 14.0 Å². The number of aromatic nitrogens is 1. The lowest BCUT2D eigenvalue weighted by Gasteiger charge is -2.41. The average Bonchev–Trinajstić information content (AvgIpc) is 2.56. The molecule has 124 valence electrons. The third kappa shape index (κ3) is 3.24. The van der Waals surface area contributed by atoms with Gasteiger partial charge >= 0.3 is 11.9 Å². The fraction of sp³-hybridized carbons (Fsp3) is 0.533. The predicted molar refractivity (Wildman–Crippen MR) is 76.9 cm³/mol. The summed E-state index contributed by atoms with van der Waals surface area (Å²) in [4.78, 5) is 17.2. The first kappa shape index (κ1) is 17.1. The summed E-state index contributed by atoms with van der Waals surface area (Å²) in [5.74, 6) is -5.12. The van der Waals surface area contributed by atoms with Gasteiger partial charge in [-0.1, -0.05) is 0 Å². The van der Waals surface area contributed by atoms with E-state index < -0.39 is 17.5 Å². The highest BCUT2D eigenvalue weighted by atomic mass is 19.3. The molecule has 23 heavy (non-hydrogen) atoms. The number of piperidine rings is 1. The summed E-state index contributed by atoms with van der Waals surface area (Å²) in [5, 5.41) is 18.9. The van der Waals surface area contributed by atoms with Crippen LogP contribution in [0, 0.1) is 11.3 Å². The molecule has 1 aliphatic rings. The maximum atomic E-state index is 14.1. The molecule has 0 radical (unpaired) electrons. The van der Waals surface area contributed by atoms with Gasteiger partial charge in [-0.15, -0.1) is 0 Å². The van der Waals surface area contributed by atoms with E-state index in [-0.39, 0.29) is 32.5 Å². The number of anilines is 1. The molecular weight excluding hydrogens is 308 g/mol. The molecule has 1 N–H and O–H groups in total. The Hall–Kier alpha value is -2.27. The SMILES string of the molecule is CCOC(=O)C(F)(F)C1(O)CCN(c2ccc(C#N)cn2)CC1. The molecular formula is C15H17F2N3O3. The van der Waals surface area contributed by atoms with Crippen LogP contribution in [0.1, 0.15) is 25.3 Å². The summed E-state index contributed by atoms with van der Waals surface area (Å²) in [6.45, 7) is 1.48. The molecule has 0 amide bonds. The number of nitrogens with zero attached hydrogens (tertiary/aromatic N) is 3. The largest absolute Gasteiger partial charge is 0.461 e. The van der Waals surface area contributed by atoms with E-state index in [4.69, 9.17) is 5.26 Å². The van der Waals surface area contributed by atoms with Crippen LogP contribution in [0.15, 0.2) is 18.3 Å². The smallest absolute Gasteiger partial charge is 0.380 e. The average molecular weight is 325 g/mol. The van der Waals surface area contributed by atoms with E-state index in [0.29, 0.717) is 11.4 Å². The predicted octanol–water partition coefficient (Wildman–Crippen LogP) is 1.48. The van der Waals surface area contributed by atoms with Gasteiger partial charge in [0.15, 0.2) is 0 Å². The highest BCUT2D eigenvalue weighted by Crippen LogP contribution is 2.39. The van der Waals surface area contributed by atoms with Gasteiger partial charge in [-0.3, -0.25) is 0 Å². The van der Waals surface area contributed by atoms with Crippen molar-refractivity contribution < 1.29 is 23.4 Å². The Labute approximate surface area is 132 Å². The minimum Gasteiger partial charge on any atom is -0.461 e. The first-order valence-corrected chi connectivity index (χ1v) is 7.22. The van der Waals surface area contributed by atoms with Crippen molar-refractivity contribution in [3.8, 4) is 6.07 Å². The number of nitriles is 1. The normalized spacial score (nSPS) is 17.4. The van der Waals surface area contributed by atoms with Crippen molar-refractivity contribution in [1.82, 2.24) is 4.98 Å². The number of carbonyl (C=O) groups excluding carboxylic acids is 1. The Morgan fingerprint density at radius 1 is 1.52 bits per heavy atom. The highest BCUT2D eigenvalue weighted by Gasteiger charge is 2.60. The van der Waals surface area contributed by atoms with E-state index in [1.54, 1.807) is 17.0 Å². The van der Waals surface area contributed by atoms with Gasteiger partial charge in [0.2, 0.25) is 0 Å². The number of alkyl halides is 2. The Bertz CT molecular complexity index is 605. The van der Waals surface area contributed by atoms with Gasteiger partial charge in [0.1, 0.15) is 17.5 Å². The Kier molecular flexibility index (Phi) is 4.80. The van der Waals surface area contributed by atoms with Crippen LogP contribution in [0.2, 0.25) is 0 Å². The lowest BCUT2D eigenvalue weighted by Crippen LogP contribution is -2.59. The van der Waals surface area contributed by atoms with E-state index in [1.807, 2.05) is 6.07 Å². The number of pyridine rings is 1. The van der Waals surface area contributed by atoms with Crippen molar-refractivity contribution in [2.75, 3.05) is 24.6 Å². The zero-order valence-corrected chi connectivity index (χ0v) is 12.6. The fourth-order valence-electron chi connectivity index (χ4n) is 2.47. The third-order valence-electron chi connectivity index (χ3n) is 3.91. The lowest BCUT2D eigenvalue weighted by atomic mass is 9.85. The first-order valence-electron chi connectivity index (χ1n) is 7.22. The van der Waals surface area contributed by atoms with Crippen molar-refractivity contribution in [2.24, 2.45) is 0 Å². The molecule has 2 heterocycles. The number of hydrogen-bond donors (Lipinski definition) is 1. The standard InChI is InChI=1S/C15H17F2N3O3/c1-2-23-13(21)15(16,17)14(22)5-7-20(8-6-14)12-4-3-11(9-18)10-19-12/h3-4,10,22H,2,5-8H2,1H3. The number of aliphatic hydroxyl groups is 1. The van der Waals surface area contributed by atoms with E-state index in [0.717, 1.165) is 0 Å². The van der Waals surface area contributed by atoms with Gasteiger partial charge in [-0.25, -0.2) is 9.78 Å². The Morgan fingerprint density at radius 3 is 2.65 bits per heavy atom. The number of hydrogen-bond acceptors (Lipinski definition) is 6. The second-order valence-electron chi connectivity index (χ2n) is 5.33. The van der Waals surface area contributed by atoms with Gasteiger partial charge in [-0.05, 0) is 19.1 Å². The van der Waals surface area contributed by atoms with Crippen molar-refractivity contribution in [1.29, 1.82) is 5.26 Å². The van der Waals surface area contributed by atoms with Crippen LogP contribution in [0.25, 0.3) is 0 Å². The fourth-order valence-corrected chi connectivity index (χ4v) is 2.47. The van der Waals surface area contributed by atoms with Crippen LogP contribution in [0.3, 0.4) is 0 Å². The summed E-state index contributed by atoms with van der Waals surface area (Å²) in [6, 6.07) is 5.14. The van der Waals surface area contributed by atoms with Gasteiger partial charge in [0.25, 0.3) is 0 Å². The number of ether oxygens (including phenoxy) is 1. The summed E-state index contributed by atoms with van der Waals surface area (Å²) in [6.07, 6.45) is 0.810. The van der Waals surface area contributed by atoms with Crippen molar-refractivity contribution in [3.05, 3.63) is 23.9 Å². The van der Waals surface area contributed by atoms with Gasteiger partial charge in [0, 0.05) is 32.1 Å². The van der Waals surface area contributed by atoms with Crippen LogP contribution in [0.5, 0.6) is 0 Å². The molecule has 1 aromatic heterocycles. The van der Waals surface area contributed by atoms with Crippen LogP contribution in [-0.2, 0) is 9.53 Å². The molecule has 2 rings (SSSR count). The van der Waals surface area contributed by atoms with Crippen molar-refractivity contribution in [2.45, 2.75) is 31.3 Å². The topological polar surface area (TPSA) is 86.5 Å². The van der Waals surface area contributed by atoms with E-state index in [2.05, 4.69) is 9.72 Å². The molecule has 1 fully saturated rings. The monoisotopic (exact) mass is 325 g/mol. The van der Waals surface area contributed by atoms with Crippen LogP contribution >= 0.6 is 0 Å². The second-order valence-corrected chi connectivity index (χ2v) is 5.33. The summed E-state index contributed by atoms with van der Waals surface area (Å²) < 4.78 is 32.6. The zero-order chi connectivity index (χ0) is 17.1. The molecule has 1 aliphatic heterocycles. The van der Waals surface area contributed by atoms with E-state index in [9.17, 15) is 18.7 Å². The highest BCUT2D eigenvalue weighted by molar-refractivity contribution is 5.79. The van der Waals surface area contributed by atoms with E-state index >= 15 is 0 Å². The second kappa shape index (κ2) is 6.46. The van der Waals surface area contributed by atoms with Crippen molar-refractivity contribution >= 4 is 11.8 Å². The lowest BCUT2D eigenvalue weighted by molar-refractivity contribution is -0.217. The number of carbonyl (C=O) groups is 1. The number of halogens is 2. The third-order valence-corrected chi connectivity index (χ3v) is 3.91. The Balaban J connectivity index is 2.07. The molecule has 8 heteroatoms. The first-order chi connectivity index (χ1) is 10.8. The quantitative estimate of drug-likeness (QED) is 0.844. The summed E-state index contributed by atoms with van der Waals surface area (Å²) >= 11 is 0. The summed E-state index contributed by atoms with van der Waals surface area (Å²) in [5.41, 5.74) is -2.03. The molecule has 0 atom stereocenters. The number of rotatable bonds is 4. The molecule has 0 spiro atoms. The van der Waals surface area contributed by atoms with Gasteiger partial charge in [0.05, 0.1) is 12.2 Å². The maximum absolute atomic E-state index is 14.1. The molecule has 1 aromatic rings. The van der Waals surface area contributed by atoms with Crippen molar-refractivity contribution in [3.63, 3.8) is 0 Å². The minimum atomic E-state index is -3.95. The zero-order valence-electron chi connectivity index (χ0n) is 12.6. The van der Waals surface area contributed by atoms with Gasteiger partial charge < -0.3 is 14.7 Å². The Morgan fingerprint density at radius 2 is 2.17 bits per heavy atom. The molecule has 0 saturated carbocycles.